The molecule has 0 bridgehead atoms. The van der Waals surface area contributed by atoms with Crippen LogP contribution in [0.15, 0.2) is 187 Å². The van der Waals surface area contributed by atoms with Crippen LogP contribution < -0.4 is 9.47 Å². The van der Waals surface area contributed by atoms with Gasteiger partial charge in [0.25, 0.3) is 0 Å². The summed E-state index contributed by atoms with van der Waals surface area (Å²) in [6.07, 6.45) is 0.996. The van der Waals surface area contributed by atoms with Gasteiger partial charge in [-0.1, -0.05) is 151 Å². The van der Waals surface area contributed by atoms with Crippen LogP contribution >= 0.6 is 0 Å². The van der Waals surface area contributed by atoms with Crippen molar-refractivity contribution in [3.8, 4) is 11.5 Å². The predicted octanol–water partition coefficient (Wildman–Crippen LogP) is 9.97. The molecule has 2 fully saturated rings. The molecule has 4 amide bonds. The maximum Gasteiger partial charge on any atom is 0.416 e. The second-order valence-electron chi connectivity index (χ2n) is 17.2. The van der Waals surface area contributed by atoms with Gasteiger partial charge in [-0.3, -0.25) is 19.7 Å². The number of carbonyl (C=O) groups excluding carboxylic acids is 4. The SMILES string of the molecule is O=C(C[C@@H](C[N+](=O)[O-])c1cccc(OCc2ccccc2)c1)N1C(=O)OC[C@H]1Cc1ccccc1.O=C(C[C@H](c1cccc(OCc2ccccc2)c1)c1ccon1)N1C(=O)OC[C@H]1Cc1ccccc1. The summed E-state index contributed by atoms with van der Waals surface area (Å²) in [6.45, 7) is 0.613. The maximum atomic E-state index is 13.5. The average Bonchev–Trinajstić information content (AvgIpc) is 4.16. The number of aromatic nitrogens is 1. The van der Waals surface area contributed by atoms with E-state index < -0.39 is 47.4 Å². The molecule has 9 rings (SSSR count). The summed E-state index contributed by atoms with van der Waals surface area (Å²) in [5.41, 5.74) is 6.11. The van der Waals surface area contributed by atoms with Gasteiger partial charge < -0.3 is 23.5 Å². The van der Waals surface area contributed by atoms with Crippen LogP contribution in [0.5, 0.6) is 11.5 Å². The highest BCUT2D eigenvalue weighted by Crippen LogP contribution is 2.32. The molecule has 6 aromatic carbocycles. The van der Waals surface area contributed by atoms with E-state index in [9.17, 15) is 29.3 Å². The fraction of sp³-hybridized carbons (Fsp3) is 0.232. The van der Waals surface area contributed by atoms with Crippen molar-refractivity contribution in [1.82, 2.24) is 15.0 Å². The van der Waals surface area contributed by atoms with Crippen molar-refractivity contribution in [2.24, 2.45) is 0 Å². The van der Waals surface area contributed by atoms with Crippen LogP contribution in [0.4, 0.5) is 9.59 Å². The molecule has 15 heteroatoms. The fourth-order valence-electron chi connectivity index (χ4n) is 8.61. The molecule has 2 saturated heterocycles. The van der Waals surface area contributed by atoms with Crippen molar-refractivity contribution < 1.29 is 47.6 Å². The number of rotatable bonds is 19. The van der Waals surface area contributed by atoms with Gasteiger partial charge in [0.05, 0.1) is 23.7 Å². The standard InChI is InChI=1S/C29H26N2O5.C27H26N2O6/c32-28(31-24(20-35-29(31)33)16-21-8-3-1-4-9-21)18-26(27-14-15-36-30-27)23-12-7-13-25(17-23)34-19-22-10-5-2-6-11-22;30-26(29-24(19-35-27(29)31)14-20-8-3-1-4-9-20)16-23(17-28(32)33)22-12-7-13-25(15-22)34-18-21-10-5-2-6-11-21/h1-15,17,24,26H,16,18-20H2;1-13,15,23-24H,14,16-19H2/t24-,26-;23-,24+/m10/s1. The van der Waals surface area contributed by atoms with E-state index in [2.05, 4.69) is 5.16 Å². The van der Waals surface area contributed by atoms with E-state index in [1.807, 2.05) is 146 Å². The highest BCUT2D eigenvalue weighted by Gasteiger charge is 2.40. The summed E-state index contributed by atoms with van der Waals surface area (Å²) >= 11 is 0. The van der Waals surface area contributed by atoms with E-state index in [-0.39, 0.29) is 38.0 Å². The van der Waals surface area contributed by atoms with Crippen molar-refractivity contribution in [2.75, 3.05) is 19.8 Å². The highest BCUT2D eigenvalue weighted by atomic mass is 16.6. The smallest absolute Gasteiger partial charge is 0.416 e. The highest BCUT2D eigenvalue weighted by molar-refractivity contribution is 5.94. The van der Waals surface area contributed by atoms with Gasteiger partial charge >= 0.3 is 12.2 Å². The third kappa shape index (κ3) is 13.6. The van der Waals surface area contributed by atoms with Crippen LogP contribution in [-0.4, -0.2) is 75.7 Å². The first-order valence-corrected chi connectivity index (χ1v) is 23.3. The molecule has 0 N–H and O–H groups in total. The number of hydrogen-bond donors (Lipinski definition) is 0. The number of imide groups is 2. The Bertz CT molecular complexity index is 2850. The minimum atomic E-state index is -0.719. The summed E-state index contributed by atoms with van der Waals surface area (Å²) in [5, 5.41) is 15.5. The number of benzene rings is 6. The Labute approximate surface area is 410 Å². The van der Waals surface area contributed by atoms with Gasteiger partial charge in [0.15, 0.2) is 0 Å². The fourth-order valence-corrected chi connectivity index (χ4v) is 8.61. The van der Waals surface area contributed by atoms with E-state index in [1.54, 1.807) is 30.3 Å². The Morgan fingerprint density at radius 2 is 1.04 bits per heavy atom. The molecule has 2 aliphatic heterocycles. The van der Waals surface area contributed by atoms with Crippen LogP contribution in [0.3, 0.4) is 0 Å². The summed E-state index contributed by atoms with van der Waals surface area (Å²) in [7, 11) is 0. The summed E-state index contributed by atoms with van der Waals surface area (Å²) < 4.78 is 27.3. The molecule has 362 valence electrons. The van der Waals surface area contributed by atoms with Crippen molar-refractivity contribution in [2.45, 2.75) is 62.8 Å². The number of amides is 4. The first kappa shape index (κ1) is 48.9. The zero-order valence-corrected chi connectivity index (χ0v) is 38.8. The average molecular weight is 957 g/mol. The summed E-state index contributed by atoms with van der Waals surface area (Å²) in [5.74, 6) is -0.710. The Morgan fingerprint density at radius 3 is 1.51 bits per heavy atom. The lowest BCUT2D eigenvalue weighted by Crippen LogP contribution is -2.41. The summed E-state index contributed by atoms with van der Waals surface area (Å²) in [4.78, 5) is 64.9. The number of nitro groups is 1. The zero-order chi connectivity index (χ0) is 49.4. The van der Waals surface area contributed by atoms with Gasteiger partial charge in [-0.2, -0.15) is 0 Å². The molecule has 4 atom stereocenters. The number of carbonyl (C=O) groups is 4. The molecule has 7 aromatic rings. The van der Waals surface area contributed by atoms with Crippen LogP contribution in [0.25, 0.3) is 0 Å². The molecule has 0 unspecified atom stereocenters. The molecule has 71 heavy (non-hydrogen) atoms. The van der Waals surface area contributed by atoms with Crippen molar-refractivity contribution in [3.63, 3.8) is 0 Å². The van der Waals surface area contributed by atoms with Crippen molar-refractivity contribution >= 4 is 24.0 Å². The molecule has 15 nitrogen and oxygen atoms in total. The molecule has 1 aromatic heterocycles. The lowest BCUT2D eigenvalue weighted by atomic mass is 9.91. The van der Waals surface area contributed by atoms with Gasteiger partial charge in [-0.15, -0.1) is 0 Å². The normalized spacial score (nSPS) is 15.9. The topological polar surface area (TPSA) is 181 Å². The van der Waals surface area contributed by atoms with Gasteiger partial charge in [-0.05, 0) is 70.5 Å². The first-order chi connectivity index (χ1) is 34.7. The van der Waals surface area contributed by atoms with Gasteiger partial charge in [0.2, 0.25) is 18.4 Å². The molecule has 0 radical (unpaired) electrons. The number of ether oxygens (including phenoxy) is 4. The number of nitrogens with zero attached hydrogens (tertiary/aromatic N) is 4. The quantitative estimate of drug-likeness (QED) is 0.0554. The lowest BCUT2D eigenvalue weighted by molar-refractivity contribution is -0.483. The molecule has 3 heterocycles. The number of cyclic esters (lactones) is 2. The second kappa shape index (κ2) is 24.1. The van der Waals surface area contributed by atoms with Crippen molar-refractivity contribution in [1.29, 1.82) is 0 Å². The van der Waals surface area contributed by atoms with E-state index in [0.717, 1.165) is 32.7 Å². The molecular weight excluding hydrogens is 905 g/mol. The van der Waals surface area contributed by atoms with Gasteiger partial charge in [-0.25, -0.2) is 19.4 Å². The van der Waals surface area contributed by atoms with E-state index in [1.165, 1.54) is 11.2 Å². The Balaban J connectivity index is 0.000000191. The molecule has 2 aliphatic rings. The van der Waals surface area contributed by atoms with E-state index in [4.69, 9.17) is 23.5 Å². The molecular formula is C56H52N4O11. The molecule has 0 aliphatic carbocycles. The van der Waals surface area contributed by atoms with Gasteiger partial charge in [0, 0.05) is 29.7 Å². The minimum absolute atomic E-state index is 0.0368. The zero-order valence-electron chi connectivity index (χ0n) is 38.8. The predicted molar refractivity (Wildman–Crippen MR) is 261 cm³/mol. The summed E-state index contributed by atoms with van der Waals surface area (Å²) in [6, 6.07) is 54.3. The maximum absolute atomic E-state index is 13.5. The molecule has 0 saturated carbocycles. The molecule has 0 spiro atoms. The Morgan fingerprint density at radius 1 is 0.592 bits per heavy atom. The van der Waals surface area contributed by atoms with Crippen molar-refractivity contribution in [3.05, 3.63) is 231 Å². The monoisotopic (exact) mass is 956 g/mol. The Kier molecular flexibility index (Phi) is 16.6. The number of hydrogen-bond acceptors (Lipinski definition) is 12. The van der Waals surface area contributed by atoms with Crippen LogP contribution in [0.2, 0.25) is 0 Å². The third-order valence-electron chi connectivity index (χ3n) is 12.2. The van der Waals surface area contributed by atoms with E-state index >= 15 is 0 Å². The largest absolute Gasteiger partial charge is 0.489 e. The van der Waals surface area contributed by atoms with Crippen LogP contribution in [0, 0.1) is 10.1 Å². The second-order valence-corrected chi connectivity index (χ2v) is 17.2. The van der Waals surface area contributed by atoms with Crippen LogP contribution in [0.1, 0.15) is 63.8 Å². The lowest BCUT2D eigenvalue weighted by Gasteiger charge is -2.22. The Hall–Kier alpha value is -8.59. The third-order valence-corrected chi connectivity index (χ3v) is 12.2. The first-order valence-electron chi connectivity index (χ1n) is 23.3. The van der Waals surface area contributed by atoms with Gasteiger partial charge in [0.1, 0.15) is 44.2 Å². The minimum Gasteiger partial charge on any atom is -0.489 e. The van der Waals surface area contributed by atoms with E-state index in [0.29, 0.717) is 48.8 Å². The van der Waals surface area contributed by atoms with Crippen LogP contribution in [-0.2, 0) is 45.1 Å².